The number of ether oxygens (including phenoxy) is 2. The summed E-state index contributed by atoms with van der Waals surface area (Å²) < 4.78 is 11.9. The van der Waals surface area contributed by atoms with Crippen LogP contribution < -0.4 is 10.1 Å². The molecule has 1 fully saturated rings. The lowest BCUT2D eigenvalue weighted by Gasteiger charge is -2.61. The van der Waals surface area contributed by atoms with Crippen LogP contribution in [0.15, 0.2) is 24.0 Å². The average Bonchev–Trinajstić information content (AvgIpc) is 3.10. The van der Waals surface area contributed by atoms with Gasteiger partial charge in [-0.15, -0.1) is 0 Å². The molecule has 2 unspecified atom stereocenters. The van der Waals surface area contributed by atoms with E-state index in [1.54, 1.807) is 12.1 Å². The molecule has 6 atom stereocenters. The number of phenolic OH excluding ortho intramolecular Hbond substituents is 1. The summed E-state index contributed by atoms with van der Waals surface area (Å²) in [6, 6.07) is 2.36. The first-order valence-corrected chi connectivity index (χ1v) is 10.9. The van der Waals surface area contributed by atoms with Gasteiger partial charge in [0.05, 0.1) is 11.0 Å². The number of rotatable bonds is 4. The van der Waals surface area contributed by atoms with E-state index < -0.39 is 41.1 Å². The summed E-state index contributed by atoms with van der Waals surface area (Å²) >= 11 is 0. The van der Waals surface area contributed by atoms with E-state index in [4.69, 9.17) is 9.47 Å². The summed E-state index contributed by atoms with van der Waals surface area (Å²) in [6.07, 6.45) is 1.15. The number of amides is 1. The number of aliphatic hydroxyl groups is 2. The topological polar surface area (TPSA) is 129 Å². The fourth-order valence-electron chi connectivity index (χ4n) is 6.03. The number of nitrogens with zero attached hydrogens (tertiary/aromatic N) is 1. The van der Waals surface area contributed by atoms with Gasteiger partial charge in [0, 0.05) is 18.0 Å². The van der Waals surface area contributed by atoms with Crippen molar-refractivity contribution in [2.75, 3.05) is 13.6 Å². The van der Waals surface area contributed by atoms with E-state index in [2.05, 4.69) is 10.2 Å². The molecule has 0 radical (unpaired) electrons. The van der Waals surface area contributed by atoms with E-state index >= 15 is 0 Å². The maximum absolute atomic E-state index is 12.7. The second-order valence-electron chi connectivity index (χ2n) is 9.43. The van der Waals surface area contributed by atoms with Gasteiger partial charge in [0.1, 0.15) is 17.9 Å². The lowest BCUT2D eigenvalue weighted by Crippen LogP contribution is -2.74. The Morgan fingerprint density at radius 2 is 2.09 bits per heavy atom. The van der Waals surface area contributed by atoms with E-state index in [9.17, 15) is 24.9 Å². The van der Waals surface area contributed by atoms with Gasteiger partial charge < -0.3 is 35.0 Å². The number of likely N-dealkylation sites (tertiary alicyclic amines) is 1. The molecule has 2 aliphatic heterocycles. The van der Waals surface area contributed by atoms with Crippen LogP contribution in [0.2, 0.25) is 0 Å². The number of aliphatic hydroxyl groups excluding tert-OH is 1. The summed E-state index contributed by atoms with van der Waals surface area (Å²) in [5.74, 6) is -0.769. The minimum absolute atomic E-state index is 0.00417. The molecule has 5 rings (SSSR count). The van der Waals surface area contributed by atoms with E-state index in [0.29, 0.717) is 18.6 Å². The minimum Gasteiger partial charge on any atom is -0.504 e. The van der Waals surface area contributed by atoms with Crippen LogP contribution in [0.3, 0.4) is 0 Å². The number of aromatic hydroxyl groups is 1. The first kappa shape index (κ1) is 21.2. The van der Waals surface area contributed by atoms with Gasteiger partial charge in [0.2, 0.25) is 5.91 Å². The summed E-state index contributed by atoms with van der Waals surface area (Å²) in [6.45, 7) is 3.51. The smallest absolute Gasteiger partial charge is 0.333 e. The fraction of sp³-hybridized carbons (Fsp3) is 0.565. The van der Waals surface area contributed by atoms with Crippen LogP contribution in [0.25, 0.3) is 0 Å². The van der Waals surface area contributed by atoms with E-state index in [1.807, 2.05) is 13.1 Å². The van der Waals surface area contributed by atoms with Crippen molar-refractivity contribution in [1.82, 2.24) is 10.2 Å². The van der Waals surface area contributed by atoms with Crippen LogP contribution in [0.4, 0.5) is 0 Å². The zero-order valence-electron chi connectivity index (χ0n) is 18.3. The van der Waals surface area contributed by atoms with Crippen molar-refractivity contribution in [1.29, 1.82) is 0 Å². The highest BCUT2D eigenvalue weighted by atomic mass is 16.6. The molecule has 32 heavy (non-hydrogen) atoms. The molecule has 1 aromatic rings. The van der Waals surface area contributed by atoms with Crippen molar-refractivity contribution in [3.05, 3.63) is 35.1 Å². The molecule has 2 aliphatic carbocycles. The van der Waals surface area contributed by atoms with Crippen LogP contribution in [-0.2, 0) is 26.2 Å². The molecule has 9 nitrogen and oxygen atoms in total. The SMILES string of the molecule is C[C@H](O)C(=O)N[C@@H](C)C(=O)OC1=CC[C@@]2(O)[C@H]3Cc4ccc(O)c5c4C2(CCN3C)C1O5. The number of benzene rings is 1. The lowest BCUT2D eigenvalue weighted by atomic mass is 9.50. The quantitative estimate of drug-likeness (QED) is 0.482. The normalized spacial score (nSPS) is 34.0. The Kier molecular flexibility index (Phi) is 4.60. The Hall–Kier alpha value is -2.62. The predicted octanol–water partition coefficient (Wildman–Crippen LogP) is 0.0986. The van der Waals surface area contributed by atoms with Crippen molar-refractivity contribution >= 4 is 11.9 Å². The summed E-state index contributed by atoms with van der Waals surface area (Å²) in [5.41, 5.74) is -0.153. The minimum atomic E-state index is -1.25. The van der Waals surface area contributed by atoms with E-state index in [-0.39, 0.29) is 24.0 Å². The Balaban J connectivity index is 1.53. The second kappa shape index (κ2) is 6.94. The van der Waals surface area contributed by atoms with Gasteiger partial charge in [0.25, 0.3) is 0 Å². The maximum atomic E-state index is 12.7. The highest BCUT2D eigenvalue weighted by molar-refractivity contribution is 5.86. The van der Waals surface area contributed by atoms with Gasteiger partial charge in [-0.25, -0.2) is 4.79 Å². The molecule has 9 heteroatoms. The number of piperidine rings is 1. The zero-order valence-corrected chi connectivity index (χ0v) is 18.3. The molecule has 1 spiro atoms. The monoisotopic (exact) mass is 444 g/mol. The van der Waals surface area contributed by atoms with Crippen LogP contribution in [0, 0.1) is 0 Å². The summed E-state index contributed by atoms with van der Waals surface area (Å²) in [5, 5.41) is 34.4. The van der Waals surface area contributed by atoms with Gasteiger partial charge in [0.15, 0.2) is 17.6 Å². The molecule has 0 aromatic heterocycles. The molecule has 2 heterocycles. The number of carbonyl (C=O) groups excluding carboxylic acids is 2. The lowest BCUT2D eigenvalue weighted by molar-refractivity contribution is -0.170. The first-order valence-electron chi connectivity index (χ1n) is 10.9. The first-order chi connectivity index (χ1) is 15.1. The molecule has 1 aromatic carbocycles. The van der Waals surface area contributed by atoms with Gasteiger partial charge in [-0.3, -0.25) is 4.79 Å². The second-order valence-corrected chi connectivity index (χ2v) is 9.43. The van der Waals surface area contributed by atoms with Crippen molar-refractivity contribution in [3.8, 4) is 11.5 Å². The molecule has 1 amide bonds. The van der Waals surface area contributed by atoms with E-state index in [1.165, 1.54) is 13.8 Å². The Morgan fingerprint density at radius 3 is 2.81 bits per heavy atom. The molecule has 2 bridgehead atoms. The third kappa shape index (κ3) is 2.61. The molecule has 0 saturated carbocycles. The number of phenols is 1. The fourth-order valence-corrected chi connectivity index (χ4v) is 6.03. The highest BCUT2D eigenvalue weighted by Crippen LogP contribution is 2.65. The third-order valence-corrected chi connectivity index (χ3v) is 7.66. The number of nitrogens with one attached hydrogen (secondary N) is 1. The zero-order chi connectivity index (χ0) is 23.0. The Morgan fingerprint density at radius 1 is 1.34 bits per heavy atom. The summed E-state index contributed by atoms with van der Waals surface area (Å²) in [4.78, 5) is 26.6. The van der Waals surface area contributed by atoms with Crippen molar-refractivity contribution in [3.63, 3.8) is 0 Å². The molecular weight excluding hydrogens is 416 g/mol. The third-order valence-electron chi connectivity index (χ3n) is 7.66. The van der Waals surface area contributed by atoms with Crippen LogP contribution in [0.5, 0.6) is 11.5 Å². The number of likely N-dealkylation sites (N-methyl/N-ethyl adjacent to an activating group) is 1. The highest BCUT2D eigenvalue weighted by Gasteiger charge is 2.72. The van der Waals surface area contributed by atoms with Crippen LogP contribution in [0.1, 0.15) is 37.8 Å². The van der Waals surface area contributed by atoms with Gasteiger partial charge in [-0.05, 0) is 58.0 Å². The molecule has 1 saturated heterocycles. The average molecular weight is 444 g/mol. The van der Waals surface area contributed by atoms with Gasteiger partial charge in [-0.1, -0.05) is 6.07 Å². The Bertz CT molecular complexity index is 1040. The van der Waals surface area contributed by atoms with Crippen molar-refractivity contribution in [2.45, 2.75) is 68.4 Å². The number of hydrogen-bond donors (Lipinski definition) is 4. The number of esters is 1. The van der Waals surface area contributed by atoms with Gasteiger partial charge >= 0.3 is 5.97 Å². The molecule has 4 aliphatic rings. The predicted molar refractivity (Wildman–Crippen MR) is 112 cm³/mol. The van der Waals surface area contributed by atoms with Crippen LogP contribution >= 0.6 is 0 Å². The number of carbonyl (C=O) groups is 2. The molecule has 172 valence electrons. The molecule has 4 N–H and O–H groups in total. The largest absolute Gasteiger partial charge is 0.504 e. The van der Waals surface area contributed by atoms with E-state index in [0.717, 1.165) is 17.7 Å². The standard InChI is InChI=1S/C23H28N2O7/c1-11(24-20(28)12(2)26)21(29)31-15-6-7-23(30)16-10-13-4-5-14(27)18-17(13)22(23,19(15)32-18)8-9-25(16)3/h4-6,11-12,16,19,26-27,30H,7-10H2,1-3H3,(H,24,28)/t11-,12-,16+,19?,22?,23+/m0/s1. The van der Waals surface area contributed by atoms with Gasteiger partial charge in [-0.2, -0.15) is 0 Å². The van der Waals surface area contributed by atoms with Crippen molar-refractivity contribution < 1.29 is 34.4 Å². The maximum Gasteiger partial charge on any atom is 0.333 e. The van der Waals surface area contributed by atoms with Crippen molar-refractivity contribution in [2.24, 2.45) is 0 Å². The Labute approximate surface area is 185 Å². The number of hydrogen-bond acceptors (Lipinski definition) is 8. The van der Waals surface area contributed by atoms with Crippen LogP contribution in [-0.4, -0.2) is 75.6 Å². The molecular formula is C23H28N2O7. The summed E-state index contributed by atoms with van der Waals surface area (Å²) in [7, 11) is 2.00.